The molecule has 8 fully saturated rings. The molecule has 19 heteroatoms. The van der Waals surface area contributed by atoms with Gasteiger partial charge in [0.2, 0.25) is 31.9 Å². The summed E-state index contributed by atoms with van der Waals surface area (Å²) in [6.45, 7) is 24.7. The van der Waals surface area contributed by atoms with Gasteiger partial charge in [0.05, 0.1) is 33.8 Å². The summed E-state index contributed by atoms with van der Waals surface area (Å²) in [5, 5.41) is 1.24. The summed E-state index contributed by atoms with van der Waals surface area (Å²) in [5.74, 6) is 1.14. The van der Waals surface area contributed by atoms with Crippen LogP contribution in [0.4, 0.5) is 0 Å². The van der Waals surface area contributed by atoms with Crippen molar-refractivity contribution in [2.75, 3.05) is 91.2 Å². The van der Waals surface area contributed by atoms with Crippen LogP contribution < -0.4 is 0 Å². The van der Waals surface area contributed by atoms with Gasteiger partial charge in [0.1, 0.15) is 4.83 Å². The maximum Gasteiger partial charge on any atom is 0.233 e. The van der Waals surface area contributed by atoms with Gasteiger partial charge >= 0.3 is 0 Å². The minimum Gasteiger partial charge on any atom is -0.377 e. The highest BCUT2D eigenvalue weighted by atomic mass is 32.2. The lowest BCUT2D eigenvalue weighted by molar-refractivity contribution is -0.142. The SMILES string of the molecule is COC1(CN2CCCS2(=O)=O)CCN(CCc2c(-c3cc(C)cc(C)c3)[nH]c3sc(C(C)(C)C(=O)N4C5CCC4CC5)cc23)CC1.COC1(CN2CCCS2(=O)=O)CCN(CCc2c(CCC(C)(C)C(=O)N3C4CCC3CC4)c[nH]c2-c2cc(C)cc(C)c2)CC1. The van der Waals surface area contributed by atoms with Crippen molar-refractivity contribution in [2.45, 2.75) is 212 Å². The molecule has 0 radical (unpaired) electrons. The number of hydrogen-bond acceptors (Lipinski definition) is 11. The maximum absolute atomic E-state index is 14.0. The summed E-state index contributed by atoms with van der Waals surface area (Å²) in [6, 6.07) is 17.6. The molecule has 3 aromatic heterocycles. The molecular weight excluding hydrogens is 1200 g/mol. The third kappa shape index (κ3) is 13.7. The number of thiophene rings is 1. The molecule has 0 unspecified atom stereocenters. The second-order valence-electron chi connectivity index (χ2n) is 30.1. The fourth-order valence-electron chi connectivity index (χ4n) is 17.3. The summed E-state index contributed by atoms with van der Waals surface area (Å²) in [5.41, 5.74) is 12.0. The number of sulfonamides is 2. The van der Waals surface area contributed by atoms with E-state index in [9.17, 15) is 26.4 Å². The van der Waals surface area contributed by atoms with E-state index in [1.54, 1.807) is 34.2 Å². The summed E-state index contributed by atoms with van der Waals surface area (Å²) >= 11 is 1.74. The maximum atomic E-state index is 14.0. The van der Waals surface area contributed by atoms with Crippen molar-refractivity contribution < 1.29 is 35.9 Å². The van der Waals surface area contributed by atoms with E-state index in [1.165, 1.54) is 92.5 Å². The van der Waals surface area contributed by atoms with Gasteiger partial charge in [0.15, 0.2) is 0 Å². The van der Waals surface area contributed by atoms with Crippen molar-refractivity contribution in [3.63, 3.8) is 0 Å². The fraction of sp³-hybridized carbons (Fsp3) is 0.667. The Balaban J connectivity index is 0.000000176. The van der Waals surface area contributed by atoms with Crippen LogP contribution in [0.25, 0.3) is 32.7 Å². The van der Waals surface area contributed by atoms with Crippen LogP contribution in [-0.4, -0.2) is 193 Å². The number of H-pyrrole nitrogens is 2. The molecule has 13 rings (SSSR count). The van der Waals surface area contributed by atoms with Crippen LogP contribution >= 0.6 is 11.3 Å². The number of benzene rings is 2. The number of aryl methyl sites for hydroxylation is 5. The van der Waals surface area contributed by atoms with Crippen molar-refractivity contribution in [2.24, 2.45) is 5.41 Å². The number of nitrogens with one attached hydrogen (secondary N) is 2. The van der Waals surface area contributed by atoms with Crippen molar-refractivity contribution in [1.29, 1.82) is 0 Å². The molecule has 5 aromatic rings. The van der Waals surface area contributed by atoms with E-state index in [1.807, 2.05) is 0 Å². The van der Waals surface area contributed by atoms with E-state index in [0.29, 0.717) is 69.1 Å². The molecule has 8 saturated heterocycles. The molecule has 2 aromatic carbocycles. The first-order chi connectivity index (χ1) is 43.3. The second-order valence-corrected chi connectivity index (χ2v) is 35.3. The Bertz CT molecular complexity index is 3620. The van der Waals surface area contributed by atoms with Gasteiger partial charge in [-0.05, 0) is 215 Å². The van der Waals surface area contributed by atoms with Crippen molar-refractivity contribution in [1.82, 2.24) is 38.2 Å². The van der Waals surface area contributed by atoms with Crippen LogP contribution in [-0.2, 0) is 63.8 Å². The molecule has 2 amide bonds. The molecule has 8 aliphatic rings. The number of nitrogens with zero attached hydrogens (tertiary/aromatic N) is 6. The number of carbonyl (C=O) groups is 2. The minimum absolute atomic E-state index is 0.252. The number of aromatic nitrogens is 2. The Hall–Kier alpha value is -4.44. The molecule has 16 nitrogen and oxygen atoms in total. The molecule has 498 valence electrons. The van der Waals surface area contributed by atoms with Crippen LogP contribution in [0.3, 0.4) is 0 Å². The average molecular weight is 1310 g/mol. The van der Waals surface area contributed by atoms with Gasteiger partial charge in [0, 0.05) is 131 Å². The van der Waals surface area contributed by atoms with Gasteiger partial charge in [-0.3, -0.25) is 9.59 Å². The first-order valence-corrected chi connectivity index (χ1v) is 38.5. The molecule has 0 saturated carbocycles. The Morgan fingerprint density at radius 2 is 1.00 bits per heavy atom. The van der Waals surface area contributed by atoms with Crippen molar-refractivity contribution in [3.05, 3.63) is 92.5 Å². The number of rotatable bonds is 20. The number of methoxy groups -OCH3 is 2. The number of fused-ring (bicyclic) bond motifs is 5. The van der Waals surface area contributed by atoms with E-state index in [-0.39, 0.29) is 22.8 Å². The highest BCUT2D eigenvalue weighted by Crippen LogP contribution is 2.46. The number of ether oxygens (including phenoxy) is 2. The third-order valence-corrected chi connectivity index (χ3v) is 28.1. The number of likely N-dealkylation sites (tertiary alicyclic amines) is 2. The van der Waals surface area contributed by atoms with Crippen molar-refractivity contribution in [3.8, 4) is 22.5 Å². The largest absolute Gasteiger partial charge is 0.377 e. The lowest BCUT2D eigenvalue weighted by Gasteiger charge is -2.42. The van der Waals surface area contributed by atoms with Gasteiger partial charge < -0.3 is 39.0 Å². The molecule has 0 spiro atoms. The number of hydrogen-bond donors (Lipinski definition) is 2. The molecule has 0 aliphatic carbocycles. The predicted molar refractivity (Wildman–Crippen MR) is 366 cm³/mol. The molecule has 8 aliphatic heterocycles. The minimum atomic E-state index is -3.15. The van der Waals surface area contributed by atoms with E-state index in [2.05, 4.69) is 134 Å². The molecule has 2 N–H and O–H groups in total. The zero-order chi connectivity index (χ0) is 64.4. The Morgan fingerprint density at radius 1 is 0.571 bits per heavy atom. The molecule has 0 atom stereocenters. The predicted octanol–water partition coefficient (Wildman–Crippen LogP) is 11.5. The Labute approximate surface area is 547 Å². The van der Waals surface area contributed by atoms with Gasteiger partial charge in [-0.15, -0.1) is 11.3 Å². The lowest BCUT2D eigenvalue weighted by Crippen LogP contribution is -2.52. The topological polar surface area (TPSA) is 172 Å². The number of piperidine rings is 2. The zero-order valence-electron chi connectivity index (χ0n) is 56.3. The summed E-state index contributed by atoms with van der Waals surface area (Å²) in [7, 11) is -2.83. The molecular formula is C72H104N8O8S3. The molecule has 4 bridgehead atoms. The van der Waals surface area contributed by atoms with Crippen LogP contribution in [0.5, 0.6) is 0 Å². The number of amides is 2. The van der Waals surface area contributed by atoms with Crippen LogP contribution in [0, 0.1) is 33.1 Å². The van der Waals surface area contributed by atoms with E-state index < -0.39 is 36.7 Å². The van der Waals surface area contributed by atoms with Crippen LogP contribution in [0.2, 0.25) is 0 Å². The lowest BCUT2D eigenvalue weighted by atomic mass is 9.83. The highest BCUT2D eigenvalue weighted by molar-refractivity contribution is 7.89. The summed E-state index contributed by atoms with van der Waals surface area (Å²) in [6.07, 6.45) is 19.7. The van der Waals surface area contributed by atoms with Gasteiger partial charge in [-0.2, -0.15) is 8.61 Å². The van der Waals surface area contributed by atoms with E-state index >= 15 is 0 Å². The zero-order valence-corrected chi connectivity index (χ0v) is 58.8. The summed E-state index contributed by atoms with van der Waals surface area (Å²) < 4.78 is 65.4. The second kappa shape index (κ2) is 26.3. The normalized spacial score (nSPS) is 24.9. The summed E-state index contributed by atoms with van der Waals surface area (Å²) in [4.78, 5) is 47.0. The third-order valence-electron chi connectivity index (χ3n) is 22.9. The van der Waals surface area contributed by atoms with Gasteiger partial charge in [-0.1, -0.05) is 48.2 Å². The Kier molecular flexibility index (Phi) is 19.2. The molecule has 11 heterocycles. The first kappa shape index (κ1) is 66.6. The fourth-order valence-corrected chi connectivity index (χ4v) is 21.7. The number of aromatic amines is 2. The standard InChI is InChI=1S/C36H50N4O4S2.C36H54N4O4S/c1-24-19-25(2)21-26(20-24)32-29(11-15-38-16-12-36(44-5,13-17-38)23-39-14-6-18-46(39,42)43)30-22-31(45-33(30)37-32)35(3,4)34(41)40-27-7-8-28(40)10-9-27;1-26-21-27(2)23-29(22-26)33-32(12-17-38-18-14-36(44-5,15-19-38)25-39-16-6-20-45(39,42)43)28(24-37-33)11-13-35(3,4)34(41)40-30-7-8-31(40)10-9-30/h19-22,27-28,37H,6-18,23H2,1-5H3;21-24,30-31,37H,6-20,25H2,1-5H3. The monoisotopic (exact) mass is 1300 g/mol. The highest BCUT2D eigenvalue weighted by Gasteiger charge is 2.49. The van der Waals surface area contributed by atoms with E-state index in [4.69, 9.17) is 9.47 Å². The van der Waals surface area contributed by atoms with Crippen LogP contribution in [0.15, 0.2) is 48.7 Å². The van der Waals surface area contributed by atoms with Crippen molar-refractivity contribution >= 4 is 53.4 Å². The van der Waals surface area contributed by atoms with Gasteiger partial charge in [0.25, 0.3) is 0 Å². The Morgan fingerprint density at radius 3 is 1.43 bits per heavy atom. The molecule has 91 heavy (non-hydrogen) atoms. The smallest absolute Gasteiger partial charge is 0.233 e. The average Bonchev–Trinajstić information content (AvgIpc) is 1.62. The van der Waals surface area contributed by atoms with Crippen LogP contribution in [0.1, 0.15) is 168 Å². The first-order valence-electron chi connectivity index (χ1n) is 34.5. The quantitative estimate of drug-likeness (QED) is 0.0764. The number of carbonyl (C=O) groups excluding carboxylic acids is 2. The van der Waals surface area contributed by atoms with E-state index in [0.717, 1.165) is 126 Å². The van der Waals surface area contributed by atoms with Gasteiger partial charge in [-0.25, -0.2) is 16.8 Å².